The molecule has 2 aromatic heterocycles. The van der Waals surface area contributed by atoms with E-state index >= 15 is 0 Å². The predicted molar refractivity (Wildman–Crippen MR) is 65.8 cm³/mol. The minimum Gasteiger partial charge on any atom is -0.472 e. The van der Waals surface area contributed by atoms with E-state index in [1.807, 2.05) is 17.5 Å². The van der Waals surface area contributed by atoms with Gasteiger partial charge in [-0.2, -0.15) is 0 Å². The number of aromatic nitrogens is 1. The quantitative estimate of drug-likeness (QED) is 0.856. The van der Waals surface area contributed by atoms with E-state index in [0.717, 1.165) is 4.88 Å². The molecule has 1 amide bonds. The first-order valence-electron chi connectivity index (χ1n) is 4.87. The summed E-state index contributed by atoms with van der Waals surface area (Å²) in [6, 6.07) is 5.34. The fourth-order valence-electron chi connectivity index (χ4n) is 1.28. The summed E-state index contributed by atoms with van der Waals surface area (Å²) in [4.78, 5) is 16.1. The summed E-state index contributed by atoms with van der Waals surface area (Å²) >= 11 is 1.59. The lowest BCUT2D eigenvalue weighted by molar-refractivity contribution is 0.100. The molecule has 6 heteroatoms. The highest BCUT2D eigenvalue weighted by atomic mass is 32.1. The minimum absolute atomic E-state index is 0.223. The first-order chi connectivity index (χ1) is 8.16. The van der Waals surface area contributed by atoms with Crippen LogP contribution in [0, 0.1) is 0 Å². The van der Waals surface area contributed by atoms with Crippen molar-refractivity contribution in [3.05, 3.63) is 40.2 Å². The summed E-state index contributed by atoms with van der Waals surface area (Å²) < 4.78 is 5.43. The van der Waals surface area contributed by atoms with Gasteiger partial charge < -0.3 is 16.2 Å². The normalized spacial score (nSPS) is 10.1. The number of nitrogen functional groups attached to an aromatic ring is 1. The van der Waals surface area contributed by atoms with E-state index in [0.29, 0.717) is 12.5 Å². The van der Waals surface area contributed by atoms with E-state index < -0.39 is 5.91 Å². The zero-order valence-electron chi connectivity index (χ0n) is 8.92. The maximum atomic E-state index is 11.1. The Labute approximate surface area is 102 Å². The number of primary amides is 1. The third-order valence-corrected chi connectivity index (χ3v) is 2.97. The molecule has 5 nitrogen and oxygen atoms in total. The number of hydrogen-bond acceptors (Lipinski definition) is 5. The number of carbonyl (C=O) groups is 1. The van der Waals surface area contributed by atoms with Gasteiger partial charge in [-0.3, -0.25) is 4.79 Å². The Balaban J connectivity index is 2.11. The number of hydrogen-bond donors (Lipinski definition) is 2. The summed E-state index contributed by atoms with van der Waals surface area (Å²) in [5.74, 6) is -0.257. The van der Waals surface area contributed by atoms with Crippen molar-refractivity contribution in [2.24, 2.45) is 5.73 Å². The van der Waals surface area contributed by atoms with E-state index in [4.69, 9.17) is 16.2 Å². The molecular formula is C11H11N3O2S. The average Bonchev–Trinajstić information content (AvgIpc) is 2.80. The Kier molecular flexibility index (Phi) is 3.24. The van der Waals surface area contributed by atoms with E-state index in [1.54, 1.807) is 11.3 Å². The summed E-state index contributed by atoms with van der Waals surface area (Å²) in [5.41, 5.74) is 11.2. The van der Waals surface area contributed by atoms with Crippen molar-refractivity contribution in [2.45, 2.75) is 6.61 Å². The van der Waals surface area contributed by atoms with Crippen LogP contribution >= 0.6 is 11.3 Å². The SMILES string of the molecule is NC(=O)c1cc(OCc2cccs2)ncc1N. The van der Waals surface area contributed by atoms with Crippen LogP contribution in [0.2, 0.25) is 0 Å². The first kappa shape index (κ1) is 11.4. The van der Waals surface area contributed by atoms with Crippen LogP contribution in [0.1, 0.15) is 15.2 Å². The molecule has 0 atom stereocenters. The van der Waals surface area contributed by atoms with Crippen LogP contribution in [0.25, 0.3) is 0 Å². The van der Waals surface area contributed by atoms with Crippen LogP contribution in [-0.4, -0.2) is 10.9 Å². The minimum atomic E-state index is -0.592. The standard InChI is InChI=1S/C11H11N3O2S/c12-9-5-14-10(4-8(9)11(13)15)16-6-7-2-1-3-17-7/h1-5H,6,12H2,(H2,13,15). The van der Waals surface area contributed by atoms with Crippen LogP contribution in [0.4, 0.5) is 5.69 Å². The summed E-state index contributed by atoms with van der Waals surface area (Å²) in [6.07, 6.45) is 1.36. The maximum absolute atomic E-state index is 11.1. The molecular weight excluding hydrogens is 238 g/mol. The van der Waals surface area contributed by atoms with Crippen molar-refractivity contribution >= 4 is 22.9 Å². The molecule has 0 radical (unpaired) electrons. The topological polar surface area (TPSA) is 91.2 Å². The fraction of sp³-hybridized carbons (Fsp3) is 0.0909. The van der Waals surface area contributed by atoms with Crippen LogP contribution < -0.4 is 16.2 Å². The van der Waals surface area contributed by atoms with Gasteiger partial charge in [0, 0.05) is 10.9 Å². The summed E-state index contributed by atoms with van der Waals surface area (Å²) in [6.45, 7) is 0.410. The average molecular weight is 249 g/mol. The van der Waals surface area contributed by atoms with Crippen LogP contribution in [0.5, 0.6) is 5.88 Å². The lowest BCUT2D eigenvalue weighted by Crippen LogP contribution is -2.14. The van der Waals surface area contributed by atoms with Gasteiger partial charge in [0.25, 0.3) is 5.91 Å². The molecule has 17 heavy (non-hydrogen) atoms. The van der Waals surface area contributed by atoms with Gasteiger partial charge in [-0.15, -0.1) is 11.3 Å². The molecule has 4 N–H and O–H groups in total. The van der Waals surface area contributed by atoms with Gasteiger partial charge in [0.1, 0.15) is 6.61 Å². The third kappa shape index (κ3) is 2.73. The number of thiophene rings is 1. The monoisotopic (exact) mass is 249 g/mol. The van der Waals surface area contributed by atoms with Crippen molar-refractivity contribution < 1.29 is 9.53 Å². The molecule has 0 saturated carbocycles. The van der Waals surface area contributed by atoms with E-state index in [1.165, 1.54) is 12.3 Å². The number of amides is 1. The molecule has 2 rings (SSSR count). The molecule has 0 bridgehead atoms. The second-order valence-electron chi connectivity index (χ2n) is 3.34. The van der Waals surface area contributed by atoms with E-state index in [2.05, 4.69) is 4.98 Å². The number of pyridine rings is 1. The lowest BCUT2D eigenvalue weighted by atomic mass is 10.2. The van der Waals surface area contributed by atoms with Crippen LogP contribution in [0.3, 0.4) is 0 Å². The molecule has 0 saturated heterocycles. The zero-order valence-corrected chi connectivity index (χ0v) is 9.74. The van der Waals surface area contributed by atoms with Crippen molar-refractivity contribution in [1.29, 1.82) is 0 Å². The van der Waals surface area contributed by atoms with Crippen LogP contribution in [-0.2, 0) is 6.61 Å². The predicted octanol–water partition coefficient (Wildman–Crippen LogP) is 1.40. The highest BCUT2D eigenvalue weighted by molar-refractivity contribution is 7.09. The van der Waals surface area contributed by atoms with Crippen molar-refractivity contribution in [1.82, 2.24) is 4.98 Å². The van der Waals surface area contributed by atoms with Gasteiger partial charge in [0.2, 0.25) is 5.88 Å². The molecule has 0 aliphatic rings. The van der Waals surface area contributed by atoms with Gasteiger partial charge in [-0.25, -0.2) is 4.98 Å². The number of nitrogens with zero attached hydrogens (tertiary/aromatic N) is 1. The largest absolute Gasteiger partial charge is 0.472 e. The highest BCUT2D eigenvalue weighted by Crippen LogP contribution is 2.18. The molecule has 0 fully saturated rings. The lowest BCUT2D eigenvalue weighted by Gasteiger charge is -2.06. The number of anilines is 1. The van der Waals surface area contributed by atoms with Crippen LogP contribution in [0.15, 0.2) is 29.8 Å². The van der Waals surface area contributed by atoms with Gasteiger partial charge >= 0.3 is 0 Å². The summed E-state index contributed by atoms with van der Waals surface area (Å²) in [5, 5.41) is 1.96. The van der Waals surface area contributed by atoms with E-state index in [9.17, 15) is 4.79 Å². The molecule has 2 heterocycles. The zero-order chi connectivity index (χ0) is 12.3. The van der Waals surface area contributed by atoms with E-state index in [-0.39, 0.29) is 11.3 Å². The molecule has 2 aromatic rings. The van der Waals surface area contributed by atoms with Gasteiger partial charge in [0.05, 0.1) is 17.4 Å². The molecule has 88 valence electrons. The maximum Gasteiger partial charge on any atom is 0.251 e. The molecule has 0 spiro atoms. The van der Waals surface area contributed by atoms with Gasteiger partial charge in [-0.05, 0) is 11.4 Å². The second-order valence-corrected chi connectivity index (χ2v) is 4.37. The Morgan fingerprint density at radius 2 is 2.35 bits per heavy atom. The second kappa shape index (κ2) is 4.84. The third-order valence-electron chi connectivity index (χ3n) is 2.12. The van der Waals surface area contributed by atoms with Crippen molar-refractivity contribution in [2.75, 3.05) is 5.73 Å². The van der Waals surface area contributed by atoms with Crippen molar-refractivity contribution in [3.63, 3.8) is 0 Å². The molecule has 0 aliphatic heterocycles. The number of carbonyl (C=O) groups excluding carboxylic acids is 1. The molecule has 0 aromatic carbocycles. The Hall–Kier alpha value is -2.08. The number of rotatable bonds is 4. The Morgan fingerprint density at radius 3 is 3.00 bits per heavy atom. The first-order valence-corrected chi connectivity index (χ1v) is 5.75. The molecule has 0 unspecified atom stereocenters. The smallest absolute Gasteiger partial charge is 0.251 e. The van der Waals surface area contributed by atoms with Crippen molar-refractivity contribution in [3.8, 4) is 5.88 Å². The Bertz CT molecular complexity index is 526. The van der Waals surface area contributed by atoms with Gasteiger partial charge in [0.15, 0.2) is 0 Å². The number of nitrogens with two attached hydrogens (primary N) is 2. The fourth-order valence-corrected chi connectivity index (χ4v) is 1.89. The Morgan fingerprint density at radius 1 is 1.53 bits per heavy atom. The number of ether oxygens (including phenoxy) is 1. The molecule has 0 aliphatic carbocycles. The summed E-state index contributed by atoms with van der Waals surface area (Å²) in [7, 11) is 0. The highest BCUT2D eigenvalue weighted by Gasteiger charge is 2.08. The van der Waals surface area contributed by atoms with Gasteiger partial charge in [-0.1, -0.05) is 6.07 Å².